The van der Waals surface area contributed by atoms with Crippen molar-refractivity contribution >= 4 is 27.8 Å². The Labute approximate surface area is 174 Å². The topological polar surface area (TPSA) is 110 Å². The van der Waals surface area contributed by atoms with E-state index >= 15 is 0 Å². The Hall–Kier alpha value is -3.04. The first-order valence-corrected chi connectivity index (χ1v) is 10.9. The zero-order valence-electron chi connectivity index (χ0n) is 16.6. The number of fused-ring (bicyclic) bond motifs is 1. The van der Waals surface area contributed by atoms with Gasteiger partial charge in [0, 0.05) is 12.6 Å². The van der Waals surface area contributed by atoms with Gasteiger partial charge in [-0.2, -0.15) is 0 Å². The van der Waals surface area contributed by atoms with E-state index in [1.165, 1.54) is 24.3 Å². The van der Waals surface area contributed by atoms with Crippen LogP contribution >= 0.6 is 0 Å². The maximum Gasteiger partial charge on any atom is 0.338 e. The summed E-state index contributed by atoms with van der Waals surface area (Å²) in [5.74, 6) is -1.41. The smallest absolute Gasteiger partial charge is 0.338 e. The third kappa shape index (κ3) is 4.58. The summed E-state index contributed by atoms with van der Waals surface area (Å²) in [5.41, 5.74) is 0.836. The highest BCUT2D eigenvalue weighted by Crippen LogP contribution is 2.22. The van der Waals surface area contributed by atoms with Gasteiger partial charge in [-0.25, -0.2) is 17.9 Å². The molecule has 0 fully saturated rings. The van der Waals surface area contributed by atoms with Gasteiger partial charge < -0.3 is 4.74 Å². The number of hydrogen-bond acceptors (Lipinski definition) is 6. The SMILES string of the molecule is CC(C)NS(=O)(=O)c1cccc(C(=O)OCCCN2C(=O)c3ccccc3C2=O)c1. The molecule has 30 heavy (non-hydrogen) atoms. The molecule has 9 heteroatoms. The minimum atomic E-state index is -3.73. The fourth-order valence-corrected chi connectivity index (χ4v) is 4.38. The van der Waals surface area contributed by atoms with Gasteiger partial charge in [0.25, 0.3) is 11.8 Å². The van der Waals surface area contributed by atoms with Crippen molar-refractivity contribution in [2.75, 3.05) is 13.2 Å². The predicted molar refractivity (Wildman–Crippen MR) is 109 cm³/mol. The average Bonchev–Trinajstić information content (AvgIpc) is 2.95. The van der Waals surface area contributed by atoms with Crippen LogP contribution in [0.25, 0.3) is 0 Å². The quantitative estimate of drug-likeness (QED) is 0.391. The lowest BCUT2D eigenvalue weighted by Gasteiger charge is -2.14. The number of imide groups is 1. The third-order valence-corrected chi connectivity index (χ3v) is 6.06. The van der Waals surface area contributed by atoms with Crippen LogP contribution in [0.15, 0.2) is 53.4 Å². The van der Waals surface area contributed by atoms with Crippen molar-refractivity contribution in [1.29, 1.82) is 0 Å². The van der Waals surface area contributed by atoms with Gasteiger partial charge in [0.2, 0.25) is 10.0 Å². The summed E-state index contributed by atoms with van der Waals surface area (Å²) >= 11 is 0. The fraction of sp³-hybridized carbons (Fsp3) is 0.286. The minimum Gasteiger partial charge on any atom is -0.462 e. The summed E-state index contributed by atoms with van der Waals surface area (Å²) in [6, 6.07) is 11.9. The molecule has 0 radical (unpaired) electrons. The molecule has 0 spiro atoms. The number of carbonyl (C=O) groups excluding carboxylic acids is 3. The first-order chi connectivity index (χ1) is 14.2. The molecule has 2 aromatic rings. The molecule has 0 saturated heterocycles. The Morgan fingerprint density at radius 1 is 1.03 bits per heavy atom. The highest BCUT2D eigenvalue weighted by atomic mass is 32.2. The fourth-order valence-electron chi connectivity index (χ4n) is 3.08. The van der Waals surface area contributed by atoms with Gasteiger partial charge in [0.1, 0.15) is 0 Å². The summed E-state index contributed by atoms with van der Waals surface area (Å²) in [7, 11) is -3.73. The van der Waals surface area contributed by atoms with Crippen LogP contribution in [0.2, 0.25) is 0 Å². The maximum absolute atomic E-state index is 12.3. The van der Waals surface area contributed by atoms with Crippen LogP contribution in [0.1, 0.15) is 51.3 Å². The van der Waals surface area contributed by atoms with E-state index < -0.39 is 16.0 Å². The molecular weight excluding hydrogens is 408 g/mol. The van der Waals surface area contributed by atoms with E-state index in [2.05, 4.69) is 4.72 Å². The van der Waals surface area contributed by atoms with Crippen molar-refractivity contribution in [3.05, 3.63) is 65.2 Å². The van der Waals surface area contributed by atoms with Crippen LogP contribution in [0.4, 0.5) is 0 Å². The van der Waals surface area contributed by atoms with Gasteiger partial charge >= 0.3 is 5.97 Å². The summed E-state index contributed by atoms with van der Waals surface area (Å²) in [5, 5.41) is 0. The molecule has 8 nitrogen and oxygen atoms in total. The number of benzene rings is 2. The van der Waals surface area contributed by atoms with E-state index in [-0.39, 0.29) is 47.9 Å². The van der Waals surface area contributed by atoms with Gasteiger partial charge in [-0.05, 0) is 50.6 Å². The van der Waals surface area contributed by atoms with E-state index in [4.69, 9.17) is 4.74 Å². The summed E-state index contributed by atoms with van der Waals surface area (Å²) in [4.78, 5) is 38.0. The van der Waals surface area contributed by atoms with Crippen LogP contribution in [0.5, 0.6) is 0 Å². The molecule has 2 amide bonds. The lowest BCUT2D eigenvalue weighted by Crippen LogP contribution is -2.31. The molecule has 158 valence electrons. The van der Waals surface area contributed by atoms with Crippen molar-refractivity contribution in [2.24, 2.45) is 0 Å². The number of nitrogens with one attached hydrogen (secondary N) is 1. The molecule has 1 aliphatic heterocycles. The van der Waals surface area contributed by atoms with Gasteiger partial charge in [-0.3, -0.25) is 14.5 Å². The number of sulfonamides is 1. The summed E-state index contributed by atoms with van der Waals surface area (Å²) in [6.07, 6.45) is 0.268. The standard InChI is InChI=1S/C21H22N2O6S/c1-14(2)22-30(27,28)16-8-5-7-15(13-16)21(26)29-12-6-11-23-19(24)17-9-3-4-10-18(17)20(23)25/h3-5,7-10,13-14,22H,6,11-12H2,1-2H3. The first-order valence-electron chi connectivity index (χ1n) is 9.45. The normalized spacial score (nSPS) is 13.6. The largest absolute Gasteiger partial charge is 0.462 e. The molecular formula is C21H22N2O6S. The van der Waals surface area contributed by atoms with Gasteiger partial charge in [-0.15, -0.1) is 0 Å². The van der Waals surface area contributed by atoms with Crippen LogP contribution in [0.3, 0.4) is 0 Å². The Morgan fingerprint density at radius 2 is 1.67 bits per heavy atom. The van der Waals surface area contributed by atoms with Crippen LogP contribution < -0.4 is 4.72 Å². The molecule has 0 unspecified atom stereocenters. The Balaban J connectivity index is 1.55. The van der Waals surface area contributed by atoms with Gasteiger partial charge in [0.05, 0.1) is 28.2 Å². The van der Waals surface area contributed by atoms with Crippen LogP contribution in [0, 0.1) is 0 Å². The number of rotatable bonds is 8. The Morgan fingerprint density at radius 3 is 2.27 bits per heavy atom. The highest BCUT2D eigenvalue weighted by Gasteiger charge is 2.34. The molecule has 1 heterocycles. The average molecular weight is 430 g/mol. The summed E-state index contributed by atoms with van der Waals surface area (Å²) in [6.45, 7) is 3.49. The maximum atomic E-state index is 12.3. The lowest BCUT2D eigenvalue weighted by molar-refractivity contribution is 0.0482. The highest BCUT2D eigenvalue weighted by molar-refractivity contribution is 7.89. The number of ether oxygens (including phenoxy) is 1. The van der Waals surface area contributed by atoms with Crippen molar-refractivity contribution in [3.8, 4) is 0 Å². The molecule has 1 aliphatic rings. The predicted octanol–water partition coefficient (Wildman–Crippen LogP) is 2.22. The van der Waals surface area contributed by atoms with Gasteiger partial charge in [-0.1, -0.05) is 18.2 Å². The molecule has 0 aromatic heterocycles. The number of amides is 2. The van der Waals surface area contributed by atoms with Crippen molar-refractivity contribution in [1.82, 2.24) is 9.62 Å². The molecule has 3 rings (SSSR count). The second-order valence-electron chi connectivity index (χ2n) is 7.10. The van der Waals surface area contributed by atoms with E-state index in [1.54, 1.807) is 38.1 Å². The molecule has 0 saturated carbocycles. The second-order valence-corrected chi connectivity index (χ2v) is 8.81. The minimum absolute atomic E-state index is 0.0204. The van der Waals surface area contributed by atoms with E-state index in [1.807, 2.05) is 0 Å². The van der Waals surface area contributed by atoms with Crippen molar-refractivity contribution in [2.45, 2.75) is 31.2 Å². The number of esters is 1. The van der Waals surface area contributed by atoms with E-state index in [0.29, 0.717) is 11.1 Å². The Kier molecular flexibility index (Phi) is 6.33. The van der Waals surface area contributed by atoms with Crippen LogP contribution in [-0.4, -0.2) is 50.3 Å². The Bertz CT molecular complexity index is 1060. The number of carbonyl (C=O) groups is 3. The molecule has 2 aromatic carbocycles. The molecule has 0 bridgehead atoms. The van der Waals surface area contributed by atoms with Crippen molar-refractivity contribution < 1.29 is 27.5 Å². The lowest BCUT2D eigenvalue weighted by atomic mass is 10.1. The van der Waals surface area contributed by atoms with Crippen LogP contribution in [-0.2, 0) is 14.8 Å². The zero-order chi connectivity index (χ0) is 21.9. The van der Waals surface area contributed by atoms with E-state index in [0.717, 1.165) is 4.90 Å². The molecule has 0 atom stereocenters. The van der Waals surface area contributed by atoms with Gasteiger partial charge in [0.15, 0.2) is 0 Å². The number of nitrogens with zero attached hydrogens (tertiary/aromatic N) is 1. The molecule has 1 N–H and O–H groups in total. The molecule has 0 aliphatic carbocycles. The monoisotopic (exact) mass is 430 g/mol. The summed E-state index contributed by atoms with van der Waals surface area (Å²) < 4.78 is 32.1. The second kappa shape index (κ2) is 8.76. The van der Waals surface area contributed by atoms with Crippen molar-refractivity contribution in [3.63, 3.8) is 0 Å². The van der Waals surface area contributed by atoms with E-state index in [9.17, 15) is 22.8 Å². The number of hydrogen-bond donors (Lipinski definition) is 1. The first kappa shape index (κ1) is 21.7. The third-order valence-electron chi connectivity index (χ3n) is 4.41. The zero-order valence-corrected chi connectivity index (χ0v) is 17.4.